The predicted molar refractivity (Wildman–Crippen MR) is 73.4 cm³/mol. The molecule has 7 heteroatoms. The number of nitrogens with zero attached hydrogens (tertiary/aromatic N) is 2. The maximum absolute atomic E-state index is 11.9. The first-order chi connectivity index (χ1) is 9.19. The molecule has 0 bridgehead atoms. The minimum atomic E-state index is -0.208. The number of amides is 1. The second kappa shape index (κ2) is 6.33. The summed E-state index contributed by atoms with van der Waals surface area (Å²) in [6, 6.07) is 3.69. The van der Waals surface area contributed by atoms with Crippen LogP contribution in [0.1, 0.15) is 29.4 Å². The molecule has 2 N–H and O–H groups in total. The molecule has 2 aromatic rings. The molecule has 0 aromatic carbocycles. The van der Waals surface area contributed by atoms with Crippen molar-refractivity contribution < 1.29 is 9.21 Å². The third-order valence-corrected chi connectivity index (χ3v) is 3.29. The largest absolute Gasteiger partial charge is 0.469 e. The first-order valence-electron chi connectivity index (χ1n) is 6.09. The Morgan fingerprint density at radius 2 is 2.37 bits per heavy atom. The van der Waals surface area contributed by atoms with Crippen molar-refractivity contribution >= 4 is 22.4 Å². The molecule has 0 saturated heterocycles. The molecule has 1 amide bonds. The van der Waals surface area contributed by atoms with Crippen molar-refractivity contribution in [2.45, 2.75) is 26.3 Å². The summed E-state index contributed by atoms with van der Waals surface area (Å²) >= 11 is 1.25. The maximum atomic E-state index is 11.9. The molecule has 0 fully saturated rings. The minimum Gasteiger partial charge on any atom is -0.469 e. The Hall–Kier alpha value is -1.89. The van der Waals surface area contributed by atoms with Crippen LogP contribution in [0.25, 0.3) is 0 Å². The van der Waals surface area contributed by atoms with Crippen LogP contribution in [0.5, 0.6) is 0 Å². The highest BCUT2D eigenvalue weighted by atomic mass is 32.1. The molecule has 0 aliphatic carbocycles. The Morgan fingerprint density at radius 3 is 3.05 bits per heavy atom. The van der Waals surface area contributed by atoms with Crippen LogP contribution in [0.4, 0.5) is 5.13 Å². The zero-order valence-corrected chi connectivity index (χ0v) is 11.7. The summed E-state index contributed by atoms with van der Waals surface area (Å²) < 4.78 is 5.24. The van der Waals surface area contributed by atoms with Gasteiger partial charge in [-0.1, -0.05) is 11.3 Å². The van der Waals surface area contributed by atoms with Crippen LogP contribution >= 0.6 is 11.3 Å². The van der Waals surface area contributed by atoms with Crippen LogP contribution in [0, 0.1) is 0 Å². The van der Waals surface area contributed by atoms with Gasteiger partial charge in [-0.25, -0.2) is 0 Å². The van der Waals surface area contributed by atoms with Gasteiger partial charge in [0.2, 0.25) is 10.1 Å². The van der Waals surface area contributed by atoms with E-state index >= 15 is 0 Å². The molecule has 1 unspecified atom stereocenters. The summed E-state index contributed by atoms with van der Waals surface area (Å²) in [6.45, 7) is 4.64. The Morgan fingerprint density at radius 1 is 1.53 bits per heavy atom. The summed E-state index contributed by atoms with van der Waals surface area (Å²) in [5.74, 6) is 0.638. The van der Waals surface area contributed by atoms with Crippen molar-refractivity contribution in [1.29, 1.82) is 0 Å². The molecule has 0 aliphatic heterocycles. The van der Waals surface area contributed by atoms with Crippen LogP contribution in [-0.4, -0.2) is 28.7 Å². The maximum Gasteiger partial charge on any atom is 0.282 e. The summed E-state index contributed by atoms with van der Waals surface area (Å²) in [7, 11) is 0. The van der Waals surface area contributed by atoms with E-state index in [1.807, 2.05) is 26.0 Å². The Balaban J connectivity index is 1.88. The molecule has 102 valence electrons. The van der Waals surface area contributed by atoms with Crippen molar-refractivity contribution in [1.82, 2.24) is 15.5 Å². The van der Waals surface area contributed by atoms with Gasteiger partial charge in [-0.15, -0.1) is 10.2 Å². The minimum absolute atomic E-state index is 0.0230. The lowest BCUT2D eigenvalue weighted by Crippen LogP contribution is -2.33. The molecule has 0 spiro atoms. The van der Waals surface area contributed by atoms with Gasteiger partial charge in [-0.3, -0.25) is 4.79 Å². The molecule has 2 aromatic heterocycles. The fourth-order valence-electron chi connectivity index (χ4n) is 1.60. The van der Waals surface area contributed by atoms with Crippen LogP contribution in [0.2, 0.25) is 0 Å². The molecular weight excluding hydrogens is 264 g/mol. The monoisotopic (exact) mass is 280 g/mol. The van der Waals surface area contributed by atoms with Crippen molar-refractivity contribution in [3.63, 3.8) is 0 Å². The molecule has 2 heterocycles. The number of nitrogens with one attached hydrogen (secondary N) is 2. The van der Waals surface area contributed by atoms with Crippen molar-refractivity contribution in [3.05, 3.63) is 29.2 Å². The Bertz CT molecular complexity index is 524. The lowest BCUT2D eigenvalue weighted by Gasteiger charge is -2.10. The number of carbonyl (C=O) groups excluding carboxylic acids is 1. The Labute approximate surface area is 115 Å². The van der Waals surface area contributed by atoms with Gasteiger partial charge in [0.15, 0.2) is 0 Å². The fourth-order valence-corrected chi connectivity index (χ4v) is 2.32. The van der Waals surface area contributed by atoms with Crippen LogP contribution < -0.4 is 10.6 Å². The average Bonchev–Trinajstić information content (AvgIpc) is 3.00. The normalized spacial score (nSPS) is 12.1. The van der Waals surface area contributed by atoms with Gasteiger partial charge in [-0.05, 0) is 26.0 Å². The molecule has 0 aliphatic rings. The number of aromatic nitrogens is 2. The second-order valence-electron chi connectivity index (χ2n) is 4.10. The number of hydrogen-bond acceptors (Lipinski definition) is 6. The number of anilines is 1. The van der Waals surface area contributed by atoms with Crippen molar-refractivity contribution in [3.8, 4) is 0 Å². The molecule has 0 saturated carbocycles. The fraction of sp³-hybridized carbons (Fsp3) is 0.417. The van der Waals surface area contributed by atoms with E-state index in [0.717, 1.165) is 12.3 Å². The Kier molecular flexibility index (Phi) is 4.51. The molecule has 1 atom stereocenters. The molecule has 0 radical (unpaired) electrons. The van der Waals surface area contributed by atoms with E-state index in [9.17, 15) is 4.79 Å². The summed E-state index contributed by atoms with van der Waals surface area (Å²) in [4.78, 5) is 11.9. The van der Waals surface area contributed by atoms with Crippen LogP contribution in [-0.2, 0) is 6.42 Å². The van der Waals surface area contributed by atoms with E-state index in [2.05, 4.69) is 20.8 Å². The third kappa shape index (κ3) is 3.78. The van der Waals surface area contributed by atoms with Crippen LogP contribution in [0.15, 0.2) is 22.8 Å². The highest BCUT2D eigenvalue weighted by Crippen LogP contribution is 2.15. The first-order valence-corrected chi connectivity index (χ1v) is 6.91. The number of hydrogen-bond donors (Lipinski definition) is 2. The van der Waals surface area contributed by atoms with Gasteiger partial charge in [0.1, 0.15) is 5.76 Å². The highest BCUT2D eigenvalue weighted by Gasteiger charge is 2.15. The predicted octanol–water partition coefficient (Wildman–Crippen LogP) is 1.92. The van der Waals surface area contributed by atoms with Gasteiger partial charge in [-0.2, -0.15) is 0 Å². The molecule has 2 rings (SSSR count). The zero-order valence-electron chi connectivity index (χ0n) is 10.8. The van der Waals surface area contributed by atoms with Gasteiger partial charge in [0.25, 0.3) is 5.91 Å². The number of furan rings is 1. The quantitative estimate of drug-likeness (QED) is 0.845. The van der Waals surface area contributed by atoms with E-state index in [1.54, 1.807) is 6.26 Å². The molecule has 6 nitrogen and oxygen atoms in total. The lowest BCUT2D eigenvalue weighted by molar-refractivity contribution is 0.0938. The molecule has 19 heavy (non-hydrogen) atoms. The van der Waals surface area contributed by atoms with Crippen LogP contribution in [0.3, 0.4) is 0 Å². The first kappa shape index (κ1) is 13.5. The summed E-state index contributed by atoms with van der Waals surface area (Å²) in [5.41, 5.74) is 0. The van der Waals surface area contributed by atoms with E-state index in [0.29, 0.717) is 16.6 Å². The van der Waals surface area contributed by atoms with E-state index in [-0.39, 0.29) is 11.9 Å². The summed E-state index contributed by atoms with van der Waals surface area (Å²) in [6.07, 6.45) is 2.27. The summed E-state index contributed by atoms with van der Waals surface area (Å²) in [5, 5.41) is 14.7. The SMILES string of the molecule is CCNc1nnc(C(=O)NC(C)Cc2ccco2)s1. The average molecular weight is 280 g/mol. The number of carbonyl (C=O) groups is 1. The smallest absolute Gasteiger partial charge is 0.282 e. The van der Waals surface area contributed by atoms with Crippen molar-refractivity contribution in [2.75, 3.05) is 11.9 Å². The standard InChI is InChI=1S/C12H16N4O2S/c1-3-13-12-16-15-11(19-12)10(17)14-8(2)7-9-5-4-6-18-9/h4-6,8H,3,7H2,1-2H3,(H,13,16)(H,14,17). The topological polar surface area (TPSA) is 80.0 Å². The van der Waals surface area contributed by atoms with Gasteiger partial charge in [0, 0.05) is 19.0 Å². The van der Waals surface area contributed by atoms with Gasteiger partial charge in [0.05, 0.1) is 6.26 Å². The zero-order chi connectivity index (χ0) is 13.7. The molecular formula is C12H16N4O2S. The second-order valence-corrected chi connectivity index (χ2v) is 5.08. The number of rotatable bonds is 6. The van der Waals surface area contributed by atoms with Crippen molar-refractivity contribution in [2.24, 2.45) is 0 Å². The van der Waals surface area contributed by atoms with E-state index in [1.165, 1.54) is 11.3 Å². The van der Waals surface area contributed by atoms with E-state index < -0.39 is 0 Å². The third-order valence-electron chi connectivity index (χ3n) is 2.41. The highest BCUT2D eigenvalue weighted by molar-refractivity contribution is 7.17. The van der Waals surface area contributed by atoms with E-state index in [4.69, 9.17) is 4.42 Å². The lowest BCUT2D eigenvalue weighted by atomic mass is 10.2. The van der Waals surface area contributed by atoms with Gasteiger partial charge < -0.3 is 15.1 Å². The van der Waals surface area contributed by atoms with Gasteiger partial charge >= 0.3 is 0 Å².